The van der Waals surface area contributed by atoms with E-state index in [2.05, 4.69) is 25.7 Å². The molecule has 0 aliphatic heterocycles. The van der Waals surface area contributed by atoms with Gasteiger partial charge >= 0.3 is 12.1 Å². The van der Waals surface area contributed by atoms with E-state index in [0.29, 0.717) is 32.0 Å². The summed E-state index contributed by atoms with van der Waals surface area (Å²) in [5, 5.41) is 8.80. The molecule has 0 saturated heterocycles. The number of esters is 1. The molecule has 0 aromatic carbocycles. The van der Waals surface area contributed by atoms with Crippen LogP contribution in [0.25, 0.3) is 0 Å². The van der Waals surface area contributed by atoms with E-state index >= 15 is 0 Å². The molecule has 0 fully saturated rings. The minimum absolute atomic E-state index is 0. The van der Waals surface area contributed by atoms with Gasteiger partial charge in [-0.05, 0) is 34.1 Å². The molecule has 0 spiro atoms. The average Bonchev–Trinajstić information content (AvgIpc) is 2.44. The van der Waals surface area contributed by atoms with Crippen molar-refractivity contribution in [1.82, 2.24) is 16.0 Å². The molecule has 9 heteroatoms. The maximum absolute atomic E-state index is 11.5. The van der Waals surface area contributed by atoms with Crippen LogP contribution in [0.15, 0.2) is 4.99 Å². The molecular weight excluding hydrogens is 427 g/mol. The lowest BCUT2D eigenvalue weighted by Gasteiger charge is -2.19. The van der Waals surface area contributed by atoms with Crippen LogP contribution in [0.3, 0.4) is 0 Å². The van der Waals surface area contributed by atoms with E-state index < -0.39 is 11.7 Å². The second kappa shape index (κ2) is 14.1. The fourth-order valence-electron chi connectivity index (χ4n) is 1.50. The summed E-state index contributed by atoms with van der Waals surface area (Å²) in [7, 11) is 1.36. The molecule has 0 aliphatic carbocycles. The predicted octanol–water partition coefficient (Wildman–Crippen LogP) is 1.64. The molecule has 0 aliphatic rings. The van der Waals surface area contributed by atoms with Crippen molar-refractivity contribution in [2.75, 3.05) is 33.3 Å². The highest BCUT2D eigenvalue weighted by Gasteiger charge is 2.15. The molecule has 3 N–H and O–H groups in total. The summed E-state index contributed by atoms with van der Waals surface area (Å²) in [5.41, 5.74) is -0.496. The number of ether oxygens (including phenoxy) is 2. The van der Waals surface area contributed by atoms with E-state index in [0.717, 1.165) is 6.54 Å². The van der Waals surface area contributed by atoms with Gasteiger partial charge in [-0.2, -0.15) is 0 Å². The highest BCUT2D eigenvalue weighted by atomic mass is 127. The zero-order chi connectivity index (χ0) is 17.7. The summed E-state index contributed by atoms with van der Waals surface area (Å²) in [6.07, 6.45) is 0.540. The Labute approximate surface area is 161 Å². The number of nitrogens with one attached hydrogen (secondary N) is 3. The number of halogens is 1. The fourth-order valence-corrected chi connectivity index (χ4v) is 1.50. The summed E-state index contributed by atoms with van der Waals surface area (Å²) in [6, 6.07) is 0. The standard InChI is InChI=1S/C15H30N4O4.HI/c1-6-16-13(18-11-8-12(20)22-5)17-9-7-10-19-14(21)23-15(2,3)4;/h6-11H2,1-5H3,(H,19,21)(H2,16,17,18);1H. The van der Waals surface area contributed by atoms with Gasteiger partial charge < -0.3 is 25.4 Å². The highest BCUT2D eigenvalue weighted by Crippen LogP contribution is 2.06. The van der Waals surface area contributed by atoms with E-state index in [1.165, 1.54) is 7.11 Å². The van der Waals surface area contributed by atoms with Gasteiger partial charge in [0.1, 0.15) is 5.60 Å². The number of hydrogen-bond acceptors (Lipinski definition) is 5. The molecule has 24 heavy (non-hydrogen) atoms. The van der Waals surface area contributed by atoms with E-state index in [-0.39, 0.29) is 36.4 Å². The largest absolute Gasteiger partial charge is 0.469 e. The van der Waals surface area contributed by atoms with Crippen molar-refractivity contribution in [2.45, 2.75) is 46.1 Å². The lowest BCUT2D eigenvalue weighted by Crippen LogP contribution is -2.38. The Morgan fingerprint density at radius 3 is 2.29 bits per heavy atom. The van der Waals surface area contributed by atoms with Crippen LogP contribution in [0.4, 0.5) is 4.79 Å². The van der Waals surface area contributed by atoms with Crippen molar-refractivity contribution in [3.05, 3.63) is 0 Å². The highest BCUT2D eigenvalue weighted by molar-refractivity contribution is 14.0. The number of amides is 1. The SMILES string of the molecule is CCNC(=NCCCNC(=O)OC(C)(C)C)NCCC(=O)OC.I. The molecule has 1 amide bonds. The summed E-state index contributed by atoms with van der Waals surface area (Å²) in [6.45, 7) is 9.62. The minimum Gasteiger partial charge on any atom is -0.469 e. The van der Waals surface area contributed by atoms with Crippen molar-refractivity contribution >= 4 is 42.0 Å². The lowest BCUT2D eigenvalue weighted by atomic mass is 10.2. The average molecular weight is 458 g/mol. The van der Waals surface area contributed by atoms with Gasteiger partial charge in [-0.3, -0.25) is 9.79 Å². The molecular formula is C15H31IN4O4. The minimum atomic E-state index is -0.496. The molecule has 0 aromatic rings. The van der Waals surface area contributed by atoms with Gasteiger partial charge in [0.25, 0.3) is 0 Å². The molecule has 0 atom stereocenters. The van der Waals surface area contributed by atoms with Gasteiger partial charge in [0.2, 0.25) is 0 Å². The zero-order valence-electron chi connectivity index (χ0n) is 15.2. The predicted molar refractivity (Wildman–Crippen MR) is 105 cm³/mol. The van der Waals surface area contributed by atoms with Crippen LogP contribution in [0.5, 0.6) is 0 Å². The van der Waals surface area contributed by atoms with Crippen molar-refractivity contribution < 1.29 is 19.1 Å². The normalized spacial score (nSPS) is 11.1. The lowest BCUT2D eigenvalue weighted by molar-refractivity contribution is -0.140. The second-order valence-electron chi connectivity index (χ2n) is 5.80. The number of guanidine groups is 1. The van der Waals surface area contributed by atoms with Crippen molar-refractivity contribution in [3.8, 4) is 0 Å². The molecule has 142 valence electrons. The van der Waals surface area contributed by atoms with Crippen molar-refractivity contribution in [1.29, 1.82) is 0 Å². The molecule has 0 radical (unpaired) electrons. The first kappa shape index (κ1) is 25.0. The number of methoxy groups -OCH3 is 1. The number of carbonyl (C=O) groups is 2. The first-order chi connectivity index (χ1) is 10.8. The molecule has 0 saturated carbocycles. The first-order valence-electron chi connectivity index (χ1n) is 7.84. The smallest absolute Gasteiger partial charge is 0.407 e. The molecule has 0 unspecified atom stereocenters. The van der Waals surface area contributed by atoms with Crippen molar-refractivity contribution in [2.24, 2.45) is 4.99 Å². The summed E-state index contributed by atoms with van der Waals surface area (Å²) < 4.78 is 9.71. The molecule has 0 bridgehead atoms. The number of nitrogens with zero attached hydrogens (tertiary/aromatic N) is 1. The maximum Gasteiger partial charge on any atom is 0.407 e. The number of alkyl carbamates (subject to hydrolysis) is 1. The number of rotatable bonds is 8. The van der Waals surface area contributed by atoms with Crippen LogP contribution < -0.4 is 16.0 Å². The third-order valence-corrected chi connectivity index (χ3v) is 2.47. The van der Waals surface area contributed by atoms with Gasteiger partial charge in [-0.1, -0.05) is 0 Å². The number of aliphatic imine (C=N–C) groups is 1. The molecule has 0 aromatic heterocycles. The van der Waals surface area contributed by atoms with Crippen LogP contribution in [-0.4, -0.2) is 56.9 Å². The Morgan fingerprint density at radius 1 is 1.08 bits per heavy atom. The Balaban J connectivity index is 0. The zero-order valence-corrected chi connectivity index (χ0v) is 17.6. The van der Waals surface area contributed by atoms with E-state index in [1.54, 1.807) is 0 Å². The van der Waals surface area contributed by atoms with Crippen LogP contribution in [0, 0.1) is 0 Å². The van der Waals surface area contributed by atoms with Gasteiger partial charge in [0.15, 0.2) is 5.96 Å². The quantitative estimate of drug-likeness (QED) is 0.168. The third-order valence-electron chi connectivity index (χ3n) is 2.47. The Hall–Kier alpha value is -1.26. The van der Waals surface area contributed by atoms with Gasteiger partial charge in [-0.15, -0.1) is 24.0 Å². The van der Waals surface area contributed by atoms with E-state index in [4.69, 9.17) is 4.74 Å². The van der Waals surface area contributed by atoms with E-state index in [1.807, 2.05) is 27.7 Å². The van der Waals surface area contributed by atoms with Crippen molar-refractivity contribution in [3.63, 3.8) is 0 Å². The Morgan fingerprint density at radius 2 is 1.75 bits per heavy atom. The molecule has 0 rings (SSSR count). The monoisotopic (exact) mass is 458 g/mol. The van der Waals surface area contributed by atoms with Gasteiger partial charge in [0, 0.05) is 26.2 Å². The second-order valence-corrected chi connectivity index (χ2v) is 5.80. The number of carbonyl (C=O) groups excluding carboxylic acids is 2. The summed E-state index contributed by atoms with van der Waals surface area (Å²) in [4.78, 5) is 26.9. The van der Waals surface area contributed by atoms with Gasteiger partial charge in [0.05, 0.1) is 13.5 Å². The fraction of sp³-hybridized carbons (Fsp3) is 0.800. The number of hydrogen-bond donors (Lipinski definition) is 3. The first-order valence-corrected chi connectivity index (χ1v) is 7.84. The Kier molecular flexibility index (Phi) is 14.7. The van der Waals surface area contributed by atoms with Crippen LogP contribution in [-0.2, 0) is 14.3 Å². The van der Waals surface area contributed by atoms with Crippen LogP contribution in [0.2, 0.25) is 0 Å². The Bertz CT molecular complexity index is 397. The summed E-state index contributed by atoms with van der Waals surface area (Å²) >= 11 is 0. The molecule has 0 heterocycles. The van der Waals surface area contributed by atoms with Gasteiger partial charge in [-0.25, -0.2) is 4.79 Å². The van der Waals surface area contributed by atoms with Crippen LogP contribution in [0.1, 0.15) is 40.5 Å². The third kappa shape index (κ3) is 15.6. The topological polar surface area (TPSA) is 101 Å². The molecule has 8 nitrogen and oxygen atoms in total. The van der Waals surface area contributed by atoms with Crippen LogP contribution >= 0.6 is 24.0 Å². The van der Waals surface area contributed by atoms with E-state index in [9.17, 15) is 9.59 Å². The summed E-state index contributed by atoms with van der Waals surface area (Å²) in [5.74, 6) is 0.364. The maximum atomic E-state index is 11.5.